The van der Waals surface area contributed by atoms with Gasteiger partial charge in [-0.2, -0.15) is 0 Å². The van der Waals surface area contributed by atoms with Crippen molar-refractivity contribution in [2.75, 3.05) is 31.5 Å². The van der Waals surface area contributed by atoms with Crippen LogP contribution >= 0.6 is 23.2 Å². The van der Waals surface area contributed by atoms with Gasteiger partial charge in [-0.3, -0.25) is 19.0 Å². The zero-order valence-corrected chi connectivity index (χ0v) is 22.3. The van der Waals surface area contributed by atoms with Gasteiger partial charge in [0, 0.05) is 68.1 Å². The quantitative estimate of drug-likeness (QED) is 0.432. The zero-order chi connectivity index (χ0) is 27.2. The highest BCUT2D eigenvalue weighted by molar-refractivity contribution is 6.31. The summed E-state index contributed by atoms with van der Waals surface area (Å²) in [6.07, 6.45) is 3.12. The molecule has 1 saturated heterocycles. The van der Waals surface area contributed by atoms with E-state index in [1.807, 2.05) is 30.3 Å². The highest BCUT2D eigenvalue weighted by Crippen LogP contribution is 2.29. The molecule has 4 rings (SSSR count). The van der Waals surface area contributed by atoms with Crippen LogP contribution in [0, 0.1) is 0 Å². The van der Waals surface area contributed by atoms with Crippen LogP contribution in [-0.2, 0) is 16.0 Å². The topological polar surface area (TPSA) is 114 Å². The molecule has 3 N–H and O–H groups in total. The monoisotopic (exact) mass is 554 g/mol. The molecule has 11 heteroatoms. The molecule has 1 aliphatic rings. The SMILES string of the molecule is CC(=O)N1CCN(C(=O)C(Cc2ccccc2)n2cnc(-c3cc(Cl)ccc3N/C=C(\N)Cl)cc2=O)CC1. The molecule has 0 spiro atoms. The van der Waals surface area contributed by atoms with Gasteiger partial charge in [-0.25, -0.2) is 4.98 Å². The highest BCUT2D eigenvalue weighted by Gasteiger charge is 2.30. The molecular weight excluding hydrogens is 527 g/mol. The van der Waals surface area contributed by atoms with Gasteiger partial charge < -0.3 is 20.9 Å². The number of rotatable bonds is 7. The summed E-state index contributed by atoms with van der Waals surface area (Å²) in [5.41, 5.74) is 7.60. The van der Waals surface area contributed by atoms with Gasteiger partial charge in [0.25, 0.3) is 5.56 Å². The molecule has 2 aromatic carbocycles. The summed E-state index contributed by atoms with van der Waals surface area (Å²) in [6, 6.07) is 15.2. The molecule has 0 aliphatic carbocycles. The average molecular weight is 555 g/mol. The van der Waals surface area contributed by atoms with Crippen LogP contribution in [0.1, 0.15) is 18.5 Å². The maximum absolute atomic E-state index is 13.7. The van der Waals surface area contributed by atoms with Crippen LogP contribution in [0.25, 0.3) is 11.3 Å². The number of benzene rings is 2. The molecule has 198 valence electrons. The first-order valence-corrected chi connectivity index (χ1v) is 12.8. The lowest BCUT2D eigenvalue weighted by atomic mass is 10.0. The van der Waals surface area contributed by atoms with Gasteiger partial charge in [-0.1, -0.05) is 53.5 Å². The van der Waals surface area contributed by atoms with Crippen molar-refractivity contribution in [2.24, 2.45) is 5.73 Å². The molecule has 38 heavy (non-hydrogen) atoms. The molecule has 9 nitrogen and oxygen atoms in total. The molecule has 3 aromatic rings. The number of nitrogens with one attached hydrogen (secondary N) is 1. The lowest BCUT2D eigenvalue weighted by Crippen LogP contribution is -2.52. The lowest BCUT2D eigenvalue weighted by Gasteiger charge is -2.36. The summed E-state index contributed by atoms with van der Waals surface area (Å²) in [6.45, 7) is 3.23. The van der Waals surface area contributed by atoms with Crippen LogP contribution in [0.15, 0.2) is 77.1 Å². The predicted molar refractivity (Wildman–Crippen MR) is 149 cm³/mol. The Balaban J connectivity index is 1.68. The Morgan fingerprint density at radius 3 is 2.39 bits per heavy atom. The molecule has 2 amide bonds. The number of halogens is 2. The van der Waals surface area contributed by atoms with E-state index in [9.17, 15) is 14.4 Å². The number of aromatic nitrogens is 2. The van der Waals surface area contributed by atoms with E-state index in [-0.39, 0.29) is 22.5 Å². The number of amides is 2. The third-order valence-corrected chi connectivity index (χ3v) is 6.73. The molecule has 1 aliphatic heterocycles. The van der Waals surface area contributed by atoms with Crippen LogP contribution in [0.4, 0.5) is 5.69 Å². The summed E-state index contributed by atoms with van der Waals surface area (Å²) in [7, 11) is 0. The first-order chi connectivity index (χ1) is 18.2. The summed E-state index contributed by atoms with van der Waals surface area (Å²) < 4.78 is 1.37. The fourth-order valence-electron chi connectivity index (χ4n) is 4.39. The number of nitrogens with two attached hydrogens (primary N) is 1. The van der Waals surface area contributed by atoms with E-state index >= 15 is 0 Å². The number of nitrogens with zero attached hydrogens (tertiary/aromatic N) is 4. The smallest absolute Gasteiger partial charge is 0.254 e. The Kier molecular flexibility index (Phi) is 8.70. The first-order valence-electron chi connectivity index (χ1n) is 12.1. The normalized spacial score (nSPS) is 14.8. The molecule has 0 bridgehead atoms. The van der Waals surface area contributed by atoms with Crippen molar-refractivity contribution >= 4 is 40.7 Å². The van der Waals surface area contributed by atoms with E-state index < -0.39 is 6.04 Å². The van der Waals surface area contributed by atoms with Gasteiger partial charge in [-0.15, -0.1) is 0 Å². The fourth-order valence-corrected chi connectivity index (χ4v) is 4.61. The van der Waals surface area contributed by atoms with Crippen molar-refractivity contribution in [3.63, 3.8) is 0 Å². The average Bonchev–Trinajstić information content (AvgIpc) is 2.91. The summed E-state index contributed by atoms with van der Waals surface area (Å²) in [4.78, 5) is 46.8. The fraction of sp³-hybridized carbons (Fsp3) is 0.259. The molecule has 1 atom stereocenters. The van der Waals surface area contributed by atoms with Gasteiger partial charge in [0.1, 0.15) is 11.2 Å². The van der Waals surface area contributed by atoms with Crippen LogP contribution in [-0.4, -0.2) is 57.3 Å². The van der Waals surface area contributed by atoms with Crippen molar-refractivity contribution in [3.05, 3.63) is 93.2 Å². The minimum atomic E-state index is -0.800. The predicted octanol–water partition coefficient (Wildman–Crippen LogP) is 3.45. The molecule has 1 fully saturated rings. The Morgan fingerprint density at radius 1 is 1.08 bits per heavy atom. The van der Waals surface area contributed by atoms with Crippen LogP contribution < -0.4 is 16.6 Å². The van der Waals surface area contributed by atoms with Gasteiger partial charge in [0.15, 0.2) is 0 Å². The first kappa shape index (κ1) is 27.2. The van der Waals surface area contributed by atoms with Crippen molar-refractivity contribution in [2.45, 2.75) is 19.4 Å². The van der Waals surface area contributed by atoms with Crippen molar-refractivity contribution in [3.8, 4) is 11.3 Å². The second-order valence-electron chi connectivity index (χ2n) is 8.92. The minimum Gasteiger partial charge on any atom is -0.388 e. The second kappa shape index (κ2) is 12.1. The van der Waals surface area contributed by atoms with E-state index in [4.69, 9.17) is 28.9 Å². The van der Waals surface area contributed by atoms with E-state index in [0.717, 1.165) is 5.56 Å². The maximum atomic E-state index is 13.7. The number of carbonyl (C=O) groups excluding carboxylic acids is 2. The Bertz CT molecular complexity index is 1400. The number of carbonyl (C=O) groups is 2. The van der Waals surface area contributed by atoms with Crippen molar-refractivity contribution in [1.82, 2.24) is 19.4 Å². The highest BCUT2D eigenvalue weighted by atomic mass is 35.5. The van der Waals surface area contributed by atoms with Gasteiger partial charge >= 0.3 is 0 Å². The second-order valence-corrected chi connectivity index (χ2v) is 9.79. The zero-order valence-electron chi connectivity index (χ0n) is 20.8. The Morgan fingerprint density at radius 2 is 1.76 bits per heavy atom. The standard InChI is InChI=1S/C27H28Cl2N6O3/c1-18(36)33-9-11-34(12-10-33)27(38)24(13-19-5-3-2-4-6-19)35-17-32-23(15-26(35)37)21-14-20(28)7-8-22(21)31-16-25(29)30/h2-8,14-17,24,31H,9-13,30H2,1H3/b25-16-. The van der Waals surface area contributed by atoms with Crippen molar-refractivity contribution in [1.29, 1.82) is 0 Å². The summed E-state index contributed by atoms with van der Waals surface area (Å²) >= 11 is 12.0. The van der Waals surface area contributed by atoms with Crippen LogP contribution in [0.2, 0.25) is 5.02 Å². The molecule has 0 saturated carbocycles. The van der Waals surface area contributed by atoms with Crippen LogP contribution in [0.3, 0.4) is 0 Å². The summed E-state index contributed by atoms with van der Waals surface area (Å²) in [5, 5.41) is 3.50. The van der Waals surface area contributed by atoms with E-state index in [2.05, 4.69) is 10.3 Å². The molecular formula is C27H28Cl2N6O3. The Labute approximate surface area is 230 Å². The van der Waals surface area contributed by atoms with E-state index in [1.54, 1.807) is 28.0 Å². The van der Waals surface area contributed by atoms with Crippen molar-refractivity contribution < 1.29 is 9.59 Å². The third-order valence-electron chi connectivity index (χ3n) is 6.39. The molecule has 1 aromatic heterocycles. The van der Waals surface area contributed by atoms with Gasteiger partial charge in [-0.05, 0) is 23.8 Å². The molecule has 0 radical (unpaired) electrons. The van der Waals surface area contributed by atoms with E-state index in [1.165, 1.54) is 30.1 Å². The number of hydrogen-bond acceptors (Lipinski definition) is 6. The number of hydrogen-bond donors (Lipinski definition) is 2. The van der Waals surface area contributed by atoms with Crippen LogP contribution in [0.5, 0.6) is 0 Å². The largest absolute Gasteiger partial charge is 0.388 e. The minimum absolute atomic E-state index is 0.0203. The maximum Gasteiger partial charge on any atom is 0.254 e. The van der Waals surface area contributed by atoms with Gasteiger partial charge in [0.05, 0.1) is 12.0 Å². The Hall–Kier alpha value is -3.82. The third kappa shape index (κ3) is 6.54. The lowest BCUT2D eigenvalue weighted by molar-refractivity contribution is -0.140. The number of anilines is 1. The molecule has 1 unspecified atom stereocenters. The van der Waals surface area contributed by atoms with E-state index in [0.29, 0.717) is 54.6 Å². The molecule has 2 heterocycles. The number of piperazine rings is 1. The van der Waals surface area contributed by atoms with Gasteiger partial charge in [0.2, 0.25) is 11.8 Å². The summed E-state index contributed by atoms with van der Waals surface area (Å²) in [5.74, 6) is -0.213.